The molecule has 0 bridgehead atoms. The van der Waals surface area contributed by atoms with Gasteiger partial charge in [0.25, 0.3) is 11.6 Å². The number of nitro groups is 1. The van der Waals surface area contributed by atoms with E-state index in [9.17, 15) is 19.7 Å². The summed E-state index contributed by atoms with van der Waals surface area (Å²) in [5.41, 5.74) is 1.20. The minimum absolute atomic E-state index is 0.0641. The Morgan fingerprint density at radius 3 is 2.45 bits per heavy atom. The molecule has 1 aliphatic rings. The number of hydrogen-bond donors (Lipinski definition) is 1. The first-order chi connectivity index (χ1) is 13.9. The zero-order chi connectivity index (χ0) is 21.0. The molecule has 1 aliphatic heterocycles. The average molecular weight is 417 g/mol. The van der Waals surface area contributed by atoms with E-state index < -0.39 is 4.92 Å². The van der Waals surface area contributed by atoms with E-state index in [4.69, 9.17) is 11.6 Å². The Labute approximate surface area is 173 Å². The number of carbonyl (C=O) groups excluding carboxylic acids is 2. The van der Waals surface area contributed by atoms with Crippen molar-refractivity contribution in [2.45, 2.75) is 6.92 Å². The predicted octanol–water partition coefficient (Wildman–Crippen LogP) is 2.95. The van der Waals surface area contributed by atoms with Crippen molar-refractivity contribution in [2.24, 2.45) is 0 Å². The molecule has 0 atom stereocenters. The summed E-state index contributed by atoms with van der Waals surface area (Å²) < 4.78 is 0. The van der Waals surface area contributed by atoms with E-state index in [1.165, 1.54) is 12.1 Å². The van der Waals surface area contributed by atoms with Crippen LogP contribution in [-0.2, 0) is 4.79 Å². The molecule has 2 aromatic rings. The molecular weight excluding hydrogens is 396 g/mol. The number of hydrogen-bond acceptors (Lipinski definition) is 5. The molecule has 1 fully saturated rings. The molecule has 0 radical (unpaired) electrons. The molecule has 152 valence electrons. The topological polar surface area (TPSA) is 95.8 Å². The van der Waals surface area contributed by atoms with Crippen LogP contribution in [0.5, 0.6) is 0 Å². The van der Waals surface area contributed by atoms with Crippen molar-refractivity contribution in [2.75, 3.05) is 38.0 Å². The van der Waals surface area contributed by atoms with Crippen molar-refractivity contribution in [1.82, 2.24) is 9.80 Å². The summed E-state index contributed by atoms with van der Waals surface area (Å²) in [6.45, 7) is 3.75. The Morgan fingerprint density at radius 2 is 1.79 bits per heavy atom. The molecule has 0 aromatic heterocycles. The van der Waals surface area contributed by atoms with Crippen molar-refractivity contribution in [3.05, 3.63) is 68.7 Å². The summed E-state index contributed by atoms with van der Waals surface area (Å²) in [4.78, 5) is 39.3. The van der Waals surface area contributed by atoms with Crippen LogP contribution in [0.4, 0.5) is 11.4 Å². The molecule has 0 aliphatic carbocycles. The molecule has 3 rings (SSSR count). The fraction of sp³-hybridized carbons (Fsp3) is 0.300. The fourth-order valence-electron chi connectivity index (χ4n) is 3.29. The minimum Gasteiger partial charge on any atom is -0.336 e. The smallest absolute Gasteiger partial charge is 0.273 e. The van der Waals surface area contributed by atoms with E-state index in [1.54, 1.807) is 42.2 Å². The standard InChI is InChI=1S/C20H21ClN4O4/c1-14-15(5-4-8-18(14)25(28)29)20(27)24-11-9-23(10-12-24)13-19(26)22-17-7-3-2-6-16(17)21/h2-8H,9-13H2,1H3,(H,22,26). The van der Waals surface area contributed by atoms with Gasteiger partial charge in [0.05, 0.1) is 22.2 Å². The van der Waals surface area contributed by atoms with Gasteiger partial charge in [-0.3, -0.25) is 24.6 Å². The number of amides is 2. The molecule has 1 saturated heterocycles. The summed E-state index contributed by atoms with van der Waals surface area (Å²) in [5.74, 6) is -0.404. The molecule has 2 amide bonds. The van der Waals surface area contributed by atoms with Gasteiger partial charge < -0.3 is 10.2 Å². The normalized spacial score (nSPS) is 14.5. The van der Waals surface area contributed by atoms with Crippen LogP contribution in [0.2, 0.25) is 5.02 Å². The monoisotopic (exact) mass is 416 g/mol. The summed E-state index contributed by atoms with van der Waals surface area (Å²) >= 11 is 6.05. The van der Waals surface area contributed by atoms with Gasteiger partial charge in [-0.25, -0.2) is 0 Å². The SMILES string of the molecule is Cc1c(C(=O)N2CCN(CC(=O)Nc3ccccc3Cl)CC2)cccc1[N+](=O)[O-]. The van der Waals surface area contributed by atoms with Crippen LogP contribution < -0.4 is 5.32 Å². The molecular formula is C20H21ClN4O4. The zero-order valence-corrected chi connectivity index (χ0v) is 16.7. The number of piperazine rings is 1. The number of nitrogens with zero attached hydrogens (tertiary/aromatic N) is 3. The first kappa shape index (κ1) is 20.8. The number of nitro benzene ring substituents is 1. The largest absolute Gasteiger partial charge is 0.336 e. The lowest BCUT2D eigenvalue weighted by molar-refractivity contribution is -0.385. The minimum atomic E-state index is -0.484. The summed E-state index contributed by atoms with van der Waals surface area (Å²) in [7, 11) is 0. The van der Waals surface area contributed by atoms with Gasteiger partial charge in [0.2, 0.25) is 5.91 Å². The highest BCUT2D eigenvalue weighted by molar-refractivity contribution is 6.33. The second kappa shape index (κ2) is 9.02. The van der Waals surface area contributed by atoms with Gasteiger partial charge in [0, 0.05) is 43.4 Å². The third kappa shape index (κ3) is 4.90. The second-order valence-electron chi connectivity index (χ2n) is 6.80. The van der Waals surface area contributed by atoms with E-state index in [0.717, 1.165) is 0 Å². The van der Waals surface area contributed by atoms with Gasteiger partial charge >= 0.3 is 0 Å². The highest BCUT2D eigenvalue weighted by Gasteiger charge is 2.26. The fourth-order valence-corrected chi connectivity index (χ4v) is 3.47. The Kier molecular flexibility index (Phi) is 6.46. The lowest BCUT2D eigenvalue weighted by atomic mass is 10.1. The number of para-hydroxylation sites is 1. The molecule has 1 heterocycles. The van der Waals surface area contributed by atoms with E-state index in [0.29, 0.717) is 48.0 Å². The van der Waals surface area contributed by atoms with Crippen LogP contribution in [0.15, 0.2) is 42.5 Å². The molecule has 9 heteroatoms. The van der Waals surface area contributed by atoms with Crippen LogP contribution in [0.1, 0.15) is 15.9 Å². The highest BCUT2D eigenvalue weighted by Crippen LogP contribution is 2.23. The number of anilines is 1. The Balaban J connectivity index is 1.56. The van der Waals surface area contributed by atoms with Gasteiger partial charge in [0.1, 0.15) is 0 Å². The first-order valence-corrected chi connectivity index (χ1v) is 9.54. The van der Waals surface area contributed by atoms with Crippen molar-refractivity contribution in [3.63, 3.8) is 0 Å². The van der Waals surface area contributed by atoms with E-state index in [1.807, 2.05) is 4.90 Å². The van der Waals surface area contributed by atoms with Gasteiger partial charge in [-0.15, -0.1) is 0 Å². The first-order valence-electron chi connectivity index (χ1n) is 9.17. The van der Waals surface area contributed by atoms with E-state index in [2.05, 4.69) is 5.32 Å². The lowest BCUT2D eigenvalue weighted by Gasteiger charge is -2.34. The summed E-state index contributed by atoms with van der Waals surface area (Å²) in [6.07, 6.45) is 0. The van der Waals surface area contributed by atoms with Crippen LogP contribution in [0, 0.1) is 17.0 Å². The van der Waals surface area contributed by atoms with Crippen molar-refractivity contribution >= 4 is 34.8 Å². The Morgan fingerprint density at radius 1 is 1.10 bits per heavy atom. The number of halogens is 1. The third-order valence-electron chi connectivity index (χ3n) is 4.91. The maximum Gasteiger partial charge on any atom is 0.273 e. The van der Waals surface area contributed by atoms with Gasteiger partial charge in [-0.2, -0.15) is 0 Å². The summed E-state index contributed by atoms with van der Waals surface area (Å²) in [5, 5.41) is 14.4. The summed E-state index contributed by atoms with van der Waals surface area (Å²) in [6, 6.07) is 11.5. The lowest BCUT2D eigenvalue weighted by Crippen LogP contribution is -2.50. The van der Waals surface area contributed by atoms with Crippen molar-refractivity contribution < 1.29 is 14.5 Å². The quantitative estimate of drug-likeness (QED) is 0.597. The van der Waals surface area contributed by atoms with Crippen LogP contribution in [0.3, 0.4) is 0 Å². The number of carbonyl (C=O) groups is 2. The molecule has 0 saturated carbocycles. The van der Waals surface area contributed by atoms with Gasteiger partial charge in [-0.1, -0.05) is 29.8 Å². The molecule has 29 heavy (non-hydrogen) atoms. The Bertz CT molecular complexity index is 942. The molecule has 1 N–H and O–H groups in total. The van der Waals surface area contributed by atoms with E-state index in [-0.39, 0.29) is 24.0 Å². The second-order valence-corrected chi connectivity index (χ2v) is 7.21. The molecule has 0 spiro atoms. The highest BCUT2D eigenvalue weighted by atomic mass is 35.5. The van der Waals surface area contributed by atoms with Crippen LogP contribution in [-0.4, -0.2) is 59.3 Å². The average Bonchev–Trinajstić information content (AvgIpc) is 2.70. The van der Waals surface area contributed by atoms with Gasteiger partial charge in [0.15, 0.2) is 0 Å². The number of nitrogens with one attached hydrogen (secondary N) is 1. The maximum atomic E-state index is 12.8. The molecule has 8 nitrogen and oxygen atoms in total. The zero-order valence-electron chi connectivity index (χ0n) is 15.9. The molecule has 2 aromatic carbocycles. The number of benzene rings is 2. The van der Waals surface area contributed by atoms with E-state index >= 15 is 0 Å². The van der Waals surface area contributed by atoms with Crippen LogP contribution >= 0.6 is 11.6 Å². The third-order valence-corrected chi connectivity index (χ3v) is 5.24. The Hall–Kier alpha value is -2.97. The predicted molar refractivity (Wildman–Crippen MR) is 110 cm³/mol. The van der Waals surface area contributed by atoms with Crippen LogP contribution in [0.25, 0.3) is 0 Å². The molecule has 0 unspecified atom stereocenters. The van der Waals surface area contributed by atoms with Crippen molar-refractivity contribution in [3.8, 4) is 0 Å². The van der Waals surface area contributed by atoms with Crippen molar-refractivity contribution in [1.29, 1.82) is 0 Å². The number of rotatable bonds is 5. The van der Waals surface area contributed by atoms with Gasteiger partial charge in [-0.05, 0) is 25.1 Å². The maximum absolute atomic E-state index is 12.8.